The fraction of sp³-hybridized carbons (Fsp3) is 0.479. The zero-order valence-corrected chi connectivity index (χ0v) is 38.8. The molecule has 0 radical (unpaired) electrons. The van der Waals surface area contributed by atoms with Crippen molar-refractivity contribution < 1.29 is 0 Å². The lowest BCUT2D eigenvalue weighted by Crippen LogP contribution is -2.34. The molecule has 316 valence electrons. The summed E-state index contributed by atoms with van der Waals surface area (Å²) in [6.07, 6.45) is 11.8. The molecule has 0 aliphatic rings. The molecule has 0 unspecified atom stereocenters. The third kappa shape index (κ3) is 12.1. The molecule has 7 rings (SSSR count). The van der Waals surface area contributed by atoms with Crippen molar-refractivity contribution in [1.82, 2.24) is 37.0 Å². The molecule has 0 saturated carbocycles. The van der Waals surface area contributed by atoms with Crippen molar-refractivity contribution in [2.45, 2.75) is 138 Å². The van der Waals surface area contributed by atoms with Crippen molar-refractivity contribution in [2.24, 2.45) is 14.1 Å². The first-order valence-electron chi connectivity index (χ1n) is 20.2. The Bertz CT molecular complexity index is 2440. The van der Waals surface area contributed by atoms with Crippen molar-refractivity contribution in [2.75, 3.05) is 0 Å². The van der Waals surface area contributed by atoms with Gasteiger partial charge in [0.25, 0.3) is 0 Å². The fourth-order valence-corrected chi connectivity index (χ4v) is 6.41. The smallest absolute Gasteiger partial charge is 0.329 e. The van der Waals surface area contributed by atoms with E-state index in [1.807, 2.05) is 120 Å². The zero-order valence-electron chi connectivity index (χ0n) is 38.8. The van der Waals surface area contributed by atoms with Crippen LogP contribution in [0.1, 0.15) is 110 Å². The molecule has 0 saturated heterocycles. The summed E-state index contributed by atoms with van der Waals surface area (Å²) < 4.78 is 13.5. The predicted molar refractivity (Wildman–Crippen MR) is 245 cm³/mol. The van der Waals surface area contributed by atoms with Gasteiger partial charge in [-0.2, -0.15) is 0 Å². The van der Waals surface area contributed by atoms with Crippen LogP contribution >= 0.6 is 0 Å². The minimum Gasteiger partial charge on any atom is -0.349 e. The molecule has 10 nitrogen and oxygen atoms in total. The third-order valence-electron chi connectivity index (χ3n) is 9.53. The standard InChI is InChI=1S/C12H16N2O.C11H14N2.C9H15N.C8H14N2O.C8H13N/c1-12(2,3)14-10-8-6-5-7-9(10)13(4)11(14)15;1-11(2,3)13-8-12-9-6-4-5-7-10(9)13;1-8-6-5-7-10(8)9(2,3)4;1-8(2,3)10-6-5-9(4)7(10)11;1-8(2,3)9-6-4-5-7-9/h5-8H,1-4H3;4-8H,1-3H3;5-7H,1-4H3;5-6H,1-4H3;4-7H,1-3H3. The molecule has 0 atom stereocenters. The Morgan fingerprint density at radius 3 is 1.33 bits per heavy atom. The van der Waals surface area contributed by atoms with Crippen LogP contribution in [0.5, 0.6) is 0 Å². The monoisotopic (exact) mass is 793 g/mol. The Kier molecular flexibility index (Phi) is 14.7. The molecule has 2 aromatic carbocycles. The van der Waals surface area contributed by atoms with Gasteiger partial charge in [0.2, 0.25) is 0 Å². The second kappa shape index (κ2) is 18.1. The maximum Gasteiger partial charge on any atom is 0.329 e. The first-order valence-corrected chi connectivity index (χ1v) is 20.2. The van der Waals surface area contributed by atoms with Gasteiger partial charge in [0, 0.05) is 78.5 Å². The average molecular weight is 793 g/mol. The molecule has 10 heteroatoms. The van der Waals surface area contributed by atoms with Crippen LogP contribution in [0.4, 0.5) is 0 Å². The predicted octanol–water partition coefficient (Wildman–Crippen LogP) is 10.6. The number of benzene rings is 2. The summed E-state index contributed by atoms with van der Waals surface area (Å²) in [7, 11) is 3.57. The summed E-state index contributed by atoms with van der Waals surface area (Å²) in [5.41, 5.74) is 5.94. The zero-order chi connectivity index (χ0) is 44.0. The van der Waals surface area contributed by atoms with Crippen LogP contribution in [0.25, 0.3) is 22.1 Å². The van der Waals surface area contributed by atoms with E-state index in [1.54, 1.807) is 26.9 Å². The number of rotatable bonds is 0. The van der Waals surface area contributed by atoms with E-state index in [-0.39, 0.29) is 39.1 Å². The number of hydrogen-bond donors (Lipinski definition) is 0. The number of nitrogens with zero attached hydrogens (tertiary/aromatic N) is 8. The van der Waals surface area contributed by atoms with Crippen LogP contribution in [0.2, 0.25) is 0 Å². The van der Waals surface area contributed by atoms with E-state index in [0.717, 1.165) is 16.6 Å². The van der Waals surface area contributed by atoms with E-state index in [1.165, 1.54) is 11.2 Å². The molecule has 0 N–H and O–H groups in total. The van der Waals surface area contributed by atoms with Gasteiger partial charge in [-0.1, -0.05) is 24.3 Å². The molecule has 0 bridgehead atoms. The molecule has 0 aliphatic heterocycles. The normalized spacial score (nSPS) is 12.1. The maximum absolute atomic E-state index is 12.1. The van der Waals surface area contributed by atoms with Gasteiger partial charge in [-0.3, -0.25) is 13.7 Å². The van der Waals surface area contributed by atoms with Crippen molar-refractivity contribution in [3.63, 3.8) is 0 Å². The summed E-state index contributed by atoms with van der Waals surface area (Å²) in [6.45, 7) is 34.0. The Balaban J connectivity index is 0.000000196. The maximum atomic E-state index is 12.1. The van der Waals surface area contributed by atoms with E-state index >= 15 is 0 Å². The Morgan fingerprint density at radius 1 is 0.448 bits per heavy atom. The number of aryl methyl sites for hydroxylation is 3. The first kappa shape index (κ1) is 47.1. The fourth-order valence-electron chi connectivity index (χ4n) is 6.41. The quantitative estimate of drug-likeness (QED) is 0.153. The van der Waals surface area contributed by atoms with Gasteiger partial charge in [-0.25, -0.2) is 14.6 Å². The van der Waals surface area contributed by atoms with Crippen LogP contribution in [0.3, 0.4) is 0 Å². The van der Waals surface area contributed by atoms with Crippen molar-refractivity contribution in [3.8, 4) is 0 Å². The van der Waals surface area contributed by atoms with E-state index in [2.05, 4.69) is 125 Å². The summed E-state index contributed by atoms with van der Waals surface area (Å²) in [4.78, 5) is 27.8. The van der Waals surface area contributed by atoms with Crippen LogP contribution < -0.4 is 11.4 Å². The van der Waals surface area contributed by atoms with E-state index in [9.17, 15) is 9.59 Å². The van der Waals surface area contributed by atoms with Crippen LogP contribution in [-0.4, -0.2) is 37.0 Å². The van der Waals surface area contributed by atoms with Gasteiger partial charge in [0.05, 0.1) is 28.4 Å². The van der Waals surface area contributed by atoms with Gasteiger partial charge < -0.3 is 18.3 Å². The van der Waals surface area contributed by atoms with E-state index < -0.39 is 0 Å². The highest BCUT2D eigenvalue weighted by molar-refractivity contribution is 5.76. The van der Waals surface area contributed by atoms with E-state index in [4.69, 9.17) is 0 Å². The number of imidazole rings is 3. The molecule has 5 aromatic heterocycles. The Hall–Kier alpha value is -5.25. The van der Waals surface area contributed by atoms with Gasteiger partial charge in [-0.15, -0.1) is 0 Å². The summed E-state index contributed by atoms with van der Waals surface area (Å²) >= 11 is 0. The average Bonchev–Trinajstić information content (AvgIpc) is 3.94. The highest BCUT2D eigenvalue weighted by Crippen LogP contribution is 2.22. The van der Waals surface area contributed by atoms with Crippen LogP contribution in [0, 0.1) is 6.92 Å². The summed E-state index contributed by atoms with van der Waals surface area (Å²) in [5, 5.41) is 0. The largest absolute Gasteiger partial charge is 0.349 e. The van der Waals surface area contributed by atoms with Crippen molar-refractivity contribution in [1.29, 1.82) is 0 Å². The van der Waals surface area contributed by atoms with Gasteiger partial charge >= 0.3 is 11.4 Å². The molecule has 0 aliphatic carbocycles. The van der Waals surface area contributed by atoms with Gasteiger partial charge in [0.1, 0.15) is 0 Å². The van der Waals surface area contributed by atoms with Gasteiger partial charge in [-0.05, 0) is 159 Å². The Labute approximate surface area is 347 Å². The number of aromatic nitrogens is 8. The highest BCUT2D eigenvalue weighted by Gasteiger charge is 2.21. The lowest BCUT2D eigenvalue weighted by atomic mass is 10.1. The number of para-hydroxylation sites is 4. The second-order valence-corrected chi connectivity index (χ2v) is 19.8. The molecular weight excluding hydrogens is 721 g/mol. The third-order valence-corrected chi connectivity index (χ3v) is 9.53. The number of hydrogen-bond acceptors (Lipinski definition) is 3. The van der Waals surface area contributed by atoms with E-state index in [0.29, 0.717) is 0 Å². The molecule has 0 spiro atoms. The number of fused-ring (bicyclic) bond motifs is 2. The Morgan fingerprint density at radius 2 is 0.948 bits per heavy atom. The highest BCUT2D eigenvalue weighted by atomic mass is 16.2. The SMILES string of the molecule is CC(C)(C)n1cccc1.CC(C)(C)n1cnc2ccccc21.Cc1cccn1C(C)(C)C.Cn1c(=O)n(C(C)(C)C)c2ccccc21.Cn1ccn(C(C)(C)C)c1=O. The molecule has 7 aromatic rings. The molecule has 5 heterocycles. The van der Waals surface area contributed by atoms with Crippen LogP contribution in [-0.2, 0) is 41.8 Å². The lowest BCUT2D eigenvalue weighted by Gasteiger charge is -2.23. The van der Waals surface area contributed by atoms with Crippen molar-refractivity contribution >= 4 is 22.1 Å². The summed E-state index contributed by atoms with van der Waals surface area (Å²) in [5.74, 6) is 0. The minimum atomic E-state index is -0.183. The summed E-state index contributed by atoms with van der Waals surface area (Å²) in [6, 6.07) is 24.4. The molecular formula is C48H72N8O2. The second-order valence-electron chi connectivity index (χ2n) is 19.8. The lowest BCUT2D eigenvalue weighted by molar-refractivity contribution is 0.381. The minimum absolute atomic E-state index is 0.0394. The first-order chi connectivity index (χ1) is 26.6. The topological polar surface area (TPSA) is 81.5 Å². The van der Waals surface area contributed by atoms with Crippen molar-refractivity contribution in [3.05, 3.63) is 137 Å². The molecule has 0 fully saturated rings. The van der Waals surface area contributed by atoms with Gasteiger partial charge in [0.15, 0.2) is 0 Å². The van der Waals surface area contributed by atoms with Crippen LogP contribution in [0.15, 0.2) is 120 Å². The molecule has 0 amide bonds. The molecule has 58 heavy (non-hydrogen) atoms.